The highest BCUT2D eigenvalue weighted by atomic mass is 32.2. The van der Waals surface area contributed by atoms with Crippen molar-refractivity contribution in [2.24, 2.45) is 5.92 Å². The standard InChI is InChI=1S/C14H21NS/c1-3-16-14-7-5-4-6-13(14)11(2)15-10-12-8-9-12/h4-7,11-12,15H,3,8-10H2,1-2H3. The average Bonchev–Trinajstić information content (AvgIpc) is 3.11. The Morgan fingerprint density at radius 2 is 2.12 bits per heavy atom. The van der Waals surface area contributed by atoms with Crippen LogP contribution in [-0.4, -0.2) is 12.3 Å². The molecule has 1 unspecified atom stereocenters. The number of rotatable bonds is 6. The maximum absolute atomic E-state index is 3.65. The van der Waals surface area contributed by atoms with Crippen LogP contribution in [0.15, 0.2) is 29.2 Å². The molecular weight excluding hydrogens is 214 g/mol. The fraction of sp³-hybridized carbons (Fsp3) is 0.571. The van der Waals surface area contributed by atoms with Gasteiger partial charge in [0.1, 0.15) is 0 Å². The van der Waals surface area contributed by atoms with Gasteiger partial charge in [-0.25, -0.2) is 0 Å². The van der Waals surface area contributed by atoms with Gasteiger partial charge in [0.25, 0.3) is 0 Å². The van der Waals surface area contributed by atoms with Crippen molar-refractivity contribution in [3.05, 3.63) is 29.8 Å². The first-order valence-corrected chi connectivity index (χ1v) is 7.25. The second-order valence-corrected chi connectivity index (χ2v) is 5.85. The molecule has 0 aliphatic heterocycles. The summed E-state index contributed by atoms with van der Waals surface area (Å²) in [4.78, 5) is 1.43. The predicted molar refractivity (Wildman–Crippen MR) is 72.0 cm³/mol. The summed E-state index contributed by atoms with van der Waals surface area (Å²) >= 11 is 1.94. The van der Waals surface area contributed by atoms with Crippen LogP contribution in [0.1, 0.15) is 38.3 Å². The zero-order valence-corrected chi connectivity index (χ0v) is 11.0. The zero-order valence-electron chi connectivity index (χ0n) is 10.2. The maximum Gasteiger partial charge on any atom is 0.0303 e. The van der Waals surface area contributed by atoms with Crippen molar-refractivity contribution in [3.8, 4) is 0 Å². The number of thioether (sulfide) groups is 1. The van der Waals surface area contributed by atoms with E-state index in [9.17, 15) is 0 Å². The van der Waals surface area contributed by atoms with Crippen LogP contribution in [0.4, 0.5) is 0 Å². The van der Waals surface area contributed by atoms with Crippen LogP contribution in [0.3, 0.4) is 0 Å². The topological polar surface area (TPSA) is 12.0 Å². The van der Waals surface area contributed by atoms with Gasteiger partial charge >= 0.3 is 0 Å². The Morgan fingerprint density at radius 1 is 1.38 bits per heavy atom. The first kappa shape index (κ1) is 12.0. The van der Waals surface area contributed by atoms with Gasteiger partial charge in [0.2, 0.25) is 0 Å². The summed E-state index contributed by atoms with van der Waals surface area (Å²) in [5, 5.41) is 3.65. The van der Waals surface area contributed by atoms with E-state index in [4.69, 9.17) is 0 Å². The molecule has 2 rings (SSSR count). The van der Waals surface area contributed by atoms with E-state index in [-0.39, 0.29) is 0 Å². The summed E-state index contributed by atoms with van der Waals surface area (Å²) in [7, 11) is 0. The first-order chi connectivity index (χ1) is 7.81. The van der Waals surface area contributed by atoms with Gasteiger partial charge in [-0.2, -0.15) is 0 Å². The first-order valence-electron chi connectivity index (χ1n) is 6.26. The molecule has 0 saturated heterocycles. The monoisotopic (exact) mass is 235 g/mol. The van der Waals surface area contributed by atoms with E-state index in [2.05, 4.69) is 43.4 Å². The Morgan fingerprint density at radius 3 is 2.81 bits per heavy atom. The zero-order chi connectivity index (χ0) is 11.4. The highest BCUT2D eigenvalue weighted by molar-refractivity contribution is 7.99. The minimum absolute atomic E-state index is 0.482. The van der Waals surface area contributed by atoms with Gasteiger partial charge in [-0.1, -0.05) is 25.1 Å². The molecule has 0 amide bonds. The Labute approximate surface area is 103 Å². The molecule has 0 bridgehead atoms. The molecule has 16 heavy (non-hydrogen) atoms. The van der Waals surface area contributed by atoms with E-state index in [1.54, 1.807) is 0 Å². The van der Waals surface area contributed by atoms with Crippen molar-refractivity contribution in [2.45, 2.75) is 37.6 Å². The second-order valence-electron chi connectivity index (χ2n) is 4.54. The lowest BCUT2D eigenvalue weighted by atomic mass is 10.1. The van der Waals surface area contributed by atoms with E-state index < -0.39 is 0 Å². The summed E-state index contributed by atoms with van der Waals surface area (Å²) in [6, 6.07) is 9.25. The lowest BCUT2D eigenvalue weighted by Crippen LogP contribution is -2.21. The molecule has 2 heteroatoms. The van der Waals surface area contributed by atoms with Crippen LogP contribution < -0.4 is 5.32 Å². The molecule has 1 fully saturated rings. The Balaban J connectivity index is 1.98. The normalized spacial score (nSPS) is 17.4. The molecule has 88 valence electrons. The SMILES string of the molecule is CCSc1ccccc1C(C)NCC1CC1. The highest BCUT2D eigenvalue weighted by Crippen LogP contribution is 2.30. The Kier molecular flexibility index (Phi) is 4.30. The van der Waals surface area contributed by atoms with Gasteiger partial charge in [0.05, 0.1) is 0 Å². The van der Waals surface area contributed by atoms with Crippen LogP contribution in [0.5, 0.6) is 0 Å². The molecule has 0 heterocycles. The average molecular weight is 235 g/mol. The largest absolute Gasteiger partial charge is 0.310 e. The summed E-state index contributed by atoms with van der Waals surface area (Å²) in [5.74, 6) is 2.10. The van der Waals surface area contributed by atoms with Crippen molar-refractivity contribution in [2.75, 3.05) is 12.3 Å². The van der Waals surface area contributed by atoms with E-state index >= 15 is 0 Å². The number of hydrogen-bond donors (Lipinski definition) is 1. The number of hydrogen-bond acceptors (Lipinski definition) is 2. The molecule has 1 nitrogen and oxygen atoms in total. The van der Waals surface area contributed by atoms with Gasteiger partial charge in [-0.15, -0.1) is 11.8 Å². The smallest absolute Gasteiger partial charge is 0.0303 e. The third-order valence-electron chi connectivity index (χ3n) is 3.09. The molecule has 1 aliphatic carbocycles. The lowest BCUT2D eigenvalue weighted by Gasteiger charge is -2.17. The molecule has 1 N–H and O–H groups in total. The van der Waals surface area contributed by atoms with E-state index in [0.29, 0.717) is 6.04 Å². The maximum atomic E-state index is 3.65. The van der Waals surface area contributed by atoms with Crippen molar-refractivity contribution >= 4 is 11.8 Å². The van der Waals surface area contributed by atoms with Gasteiger partial charge < -0.3 is 5.32 Å². The van der Waals surface area contributed by atoms with Crippen LogP contribution in [-0.2, 0) is 0 Å². The summed E-state index contributed by atoms with van der Waals surface area (Å²) in [6.07, 6.45) is 2.84. The van der Waals surface area contributed by atoms with Crippen molar-refractivity contribution in [1.82, 2.24) is 5.32 Å². The molecule has 0 spiro atoms. The van der Waals surface area contributed by atoms with Gasteiger partial charge in [0, 0.05) is 10.9 Å². The van der Waals surface area contributed by atoms with E-state index in [1.165, 1.54) is 29.8 Å². The molecule has 1 saturated carbocycles. The summed E-state index contributed by atoms with van der Waals surface area (Å²) < 4.78 is 0. The summed E-state index contributed by atoms with van der Waals surface area (Å²) in [5.41, 5.74) is 1.45. The molecule has 0 radical (unpaired) electrons. The fourth-order valence-electron chi connectivity index (χ4n) is 1.90. The number of benzene rings is 1. The Bertz CT molecular complexity index is 333. The van der Waals surface area contributed by atoms with Crippen molar-refractivity contribution in [1.29, 1.82) is 0 Å². The van der Waals surface area contributed by atoms with Crippen molar-refractivity contribution < 1.29 is 0 Å². The van der Waals surface area contributed by atoms with Crippen LogP contribution in [0, 0.1) is 5.92 Å². The highest BCUT2D eigenvalue weighted by Gasteiger charge is 2.21. The minimum Gasteiger partial charge on any atom is -0.310 e. The third kappa shape index (κ3) is 3.26. The molecule has 1 aromatic carbocycles. The van der Waals surface area contributed by atoms with Crippen LogP contribution in [0.2, 0.25) is 0 Å². The Hall–Kier alpha value is -0.470. The van der Waals surface area contributed by atoms with E-state index in [0.717, 1.165) is 11.7 Å². The van der Waals surface area contributed by atoms with Gasteiger partial charge in [-0.05, 0) is 49.6 Å². The molecule has 1 aliphatic rings. The van der Waals surface area contributed by atoms with E-state index in [1.807, 2.05) is 11.8 Å². The van der Waals surface area contributed by atoms with Crippen LogP contribution >= 0.6 is 11.8 Å². The minimum atomic E-state index is 0.482. The van der Waals surface area contributed by atoms with Gasteiger partial charge in [0.15, 0.2) is 0 Å². The molecular formula is C14H21NS. The quantitative estimate of drug-likeness (QED) is 0.751. The molecule has 1 aromatic rings. The van der Waals surface area contributed by atoms with Crippen LogP contribution in [0.25, 0.3) is 0 Å². The predicted octanol–water partition coefficient (Wildman–Crippen LogP) is 3.86. The fourth-order valence-corrected chi connectivity index (χ4v) is 2.80. The molecule has 1 atom stereocenters. The third-order valence-corrected chi connectivity index (χ3v) is 4.07. The lowest BCUT2D eigenvalue weighted by molar-refractivity contribution is 0.543. The number of nitrogens with one attached hydrogen (secondary N) is 1. The molecule has 0 aromatic heterocycles. The van der Waals surface area contributed by atoms with Crippen molar-refractivity contribution in [3.63, 3.8) is 0 Å². The van der Waals surface area contributed by atoms with Gasteiger partial charge in [-0.3, -0.25) is 0 Å². The second kappa shape index (κ2) is 5.74. The summed E-state index contributed by atoms with van der Waals surface area (Å²) in [6.45, 7) is 5.67.